The number of carboxylic acids is 1. The van der Waals surface area contributed by atoms with Crippen LogP contribution in [0.3, 0.4) is 0 Å². The van der Waals surface area contributed by atoms with Crippen LogP contribution in [0, 0.1) is 0 Å². The van der Waals surface area contributed by atoms with Gasteiger partial charge in [-0.15, -0.1) is 0 Å². The number of nitrogens with one attached hydrogen (secondary N) is 1. The number of primary sulfonamides is 1. The highest BCUT2D eigenvalue weighted by atomic mass is 32.2. The second-order valence-electron chi connectivity index (χ2n) is 8.73. The van der Waals surface area contributed by atoms with Crippen LogP contribution >= 0.6 is 0 Å². The zero-order valence-corrected chi connectivity index (χ0v) is 22.0. The molecule has 0 saturated heterocycles. The Morgan fingerprint density at radius 1 is 0.789 bits per heavy atom. The summed E-state index contributed by atoms with van der Waals surface area (Å²) in [4.78, 5) is 11.1. The van der Waals surface area contributed by atoms with Gasteiger partial charge in [-0.3, -0.25) is 4.79 Å². The van der Waals surface area contributed by atoms with Gasteiger partial charge in [0.25, 0.3) is 0 Å². The number of hydrogen-bond acceptors (Lipinski definition) is 6. The number of nitrogens with two attached hydrogens (primary N) is 1. The molecule has 198 valence electrons. The van der Waals surface area contributed by atoms with Crippen molar-refractivity contribution in [3.8, 4) is 0 Å². The standard InChI is InChI=1S/C27H27N3O6S2/c28-37(33,34)25-11-8-20(9-12-25)14-15-30(19-21-4-3-7-24(16-21)29-18-27(31)32)38(35,36)26-13-10-22-5-1-2-6-23(22)17-26/h1-13,16-17,29H,14-15,18-19H2,(H,31,32)(H2,28,33,34). The fraction of sp³-hybridized carbons (Fsp3) is 0.148. The molecule has 38 heavy (non-hydrogen) atoms. The average Bonchev–Trinajstić information content (AvgIpc) is 2.89. The molecule has 0 fully saturated rings. The topological polar surface area (TPSA) is 147 Å². The molecule has 0 aliphatic carbocycles. The normalized spacial score (nSPS) is 12.1. The summed E-state index contributed by atoms with van der Waals surface area (Å²) in [6.07, 6.45) is 0.328. The molecule has 0 unspecified atom stereocenters. The number of carboxylic acid groups (broad SMARTS) is 1. The number of hydrogen-bond donors (Lipinski definition) is 3. The first kappa shape index (κ1) is 27.3. The minimum Gasteiger partial charge on any atom is -0.480 e. The van der Waals surface area contributed by atoms with Crippen LogP contribution in [0.15, 0.2) is 101 Å². The molecule has 0 radical (unpaired) electrons. The molecule has 0 atom stereocenters. The van der Waals surface area contributed by atoms with Crippen molar-refractivity contribution in [1.29, 1.82) is 0 Å². The van der Waals surface area contributed by atoms with E-state index >= 15 is 0 Å². The zero-order valence-electron chi connectivity index (χ0n) is 20.3. The smallest absolute Gasteiger partial charge is 0.322 e. The lowest BCUT2D eigenvalue weighted by Crippen LogP contribution is -2.32. The largest absolute Gasteiger partial charge is 0.480 e. The van der Waals surface area contributed by atoms with Crippen molar-refractivity contribution in [3.05, 3.63) is 102 Å². The molecular formula is C27H27N3O6S2. The fourth-order valence-electron chi connectivity index (χ4n) is 4.02. The van der Waals surface area contributed by atoms with Crippen LogP contribution in [0.25, 0.3) is 10.8 Å². The Morgan fingerprint density at radius 3 is 2.16 bits per heavy atom. The number of nitrogens with zero attached hydrogens (tertiary/aromatic N) is 1. The highest BCUT2D eigenvalue weighted by Crippen LogP contribution is 2.24. The van der Waals surface area contributed by atoms with E-state index in [9.17, 15) is 21.6 Å². The lowest BCUT2D eigenvalue weighted by Gasteiger charge is -2.23. The molecule has 0 bridgehead atoms. The SMILES string of the molecule is NS(=O)(=O)c1ccc(CCN(Cc2cccc(NCC(=O)O)c2)S(=O)(=O)c2ccc3ccccc3c2)cc1. The number of fused-ring (bicyclic) bond motifs is 1. The molecule has 0 amide bonds. The van der Waals surface area contributed by atoms with Crippen molar-refractivity contribution in [2.24, 2.45) is 5.14 Å². The molecule has 0 saturated carbocycles. The molecule has 0 aliphatic rings. The van der Waals surface area contributed by atoms with Crippen molar-refractivity contribution in [3.63, 3.8) is 0 Å². The van der Waals surface area contributed by atoms with E-state index in [1.54, 1.807) is 54.6 Å². The fourth-order valence-corrected chi connectivity index (χ4v) is 6.00. The van der Waals surface area contributed by atoms with Crippen LogP contribution in [0.4, 0.5) is 5.69 Å². The highest BCUT2D eigenvalue weighted by molar-refractivity contribution is 7.89. The predicted octanol–water partition coefficient (Wildman–Crippen LogP) is 3.42. The van der Waals surface area contributed by atoms with E-state index in [1.165, 1.54) is 16.4 Å². The molecule has 4 aromatic rings. The molecule has 9 nitrogen and oxygen atoms in total. The number of carbonyl (C=O) groups is 1. The Labute approximate surface area is 221 Å². The van der Waals surface area contributed by atoms with Crippen LogP contribution in [0.5, 0.6) is 0 Å². The molecule has 0 heterocycles. The van der Waals surface area contributed by atoms with Gasteiger partial charge in [0.2, 0.25) is 20.0 Å². The summed E-state index contributed by atoms with van der Waals surface area (Å²) in [5.41, 5.74) is 1.98. The molecule has 4 N–H and O–H groups in total. The van der Waals surface area contributed by atoms with E-state index in [2.05, 4.69) is 5.32 Å². The van der Waals surface area contributed by atoms with E-state index in [0.717, 1.165) is 16.3 Å². The van der Waals surface area contributed by atoms with Gasteiger partial charge in [0.15, 0.2) is 0 Å². The summed E-state index contributed by atoms with van der Waals surface area (Å²) in [5, 5.41) is 18.6. The van der Waals surface area contributed by atoms with Gasteiger partial charge in [-0.25, -0.2) is 22.0 Å². The molecule has 0 spiro atoms. The van der Waals surface area contributed by atoms with E-state index in [0.29, 0.717) is 17.7 Å². The lowest BCUT2D eigenvalue weighted by molar-refractivity contribution is -0.134. The number of sulfonamides is 2. The summed E-state index contributed by atoms with van der Waals surface area (Å²) >= 11 is 0. The van der Waals surface area contributed by atoms with E-state index in [-0.39, 0.29) is 29.4 Å². The minimum atomic E-state index is -3.93. The summed E-state index contributed by atoms with van der Waals surface area (Å²) in [6, 6.07) is 25.4. The van der Waals surface area contributed by atoms with Crippen molar-refractivity contribution in [2.75, 3.05) is 18.4 Å². The Hall–Kier alpha value is -3.77. The van der Waals surface area contributed by atoms with Crippen molar-refractivity contribution in [2.45, 2.75) is 22.8 Å². The highest BCUT2D eigenvalue weighted by Gasteiger charge is 2.25. The zero-order chi connectivity index (χ0) is 27.3. The number of aliphatic carboxylic acids is 1. The first-order valence-corrected chi connectivity index (χ1v) is 14.7. The third kappa shape index (κ3) is 6.75. The van der Waals surface area contributed by atoms with E-state index in [1.807, 2.05) is 24.3 Å². The first-order chi connectivity index (χ1) is 18.0. The van der Waals surface area contributed by atoms with Gasteiger partial charge in [0.1, 0.15) is 6.54 Å². The molecule has 4 rings (SSSR count). The Bertz CT molecular complexity index is 1670. The summed E-state index contributed by atoms with van der Waals surface area (Å²) < 4.78 is 52.1. The van der Waals surface area contributed by atoms with Gasteiger partial charge >= 0.3 is 5.97 Å². The maximum atomic E-state index is 13.8. The maximum absolute atomic E-state index is 13.8. The second-order valence-corrected chi connectivity index (χ2v) is 12.2. The summed E-state index contributed by atoms with van der Waals surface area (Å²) in [6.45, 7) is -0.0965. The van der Waals surface area contributed by atoms with Crippen LogP contribution in [-0.2, 0) is 37.8 Å². The Kier molecular flexibility index (Phi) is 8.12. The Balaban J connectivity index is 1.64. The maximum Gasteiger partial charge on any atom is 0.322 e. The Morgan fingerprint density at radius 2 is 1.47 bits per heavy atom. The van der Waals surface area contributed by atoms with Gasteiger partial charge in [-0.1, -0.05) is 54.6 Å². The van der Waals surface area contributed by atoms with E-state index in [4.69, 9.17) is 10.2 Å². The van der Waals surface area contributed by atoms with Crippen LogP contribution in [-0.4, -0.2) is 45.3 Å². The molecule has 4 aromatic carbocycles. The van der Waals surface area contributed by atoms with Gasteiger partial charge in [-0.2, -0.15) is 4.31 Å². The molecular weight excluding hydrogens is 526 g/mol. The summed E-state index contributed by atoms with van der Waals surface area (Å²) in [7, 11) is -7.76. The lowest BCUT2D eigenvalue weighted by atomic mass is 10.1. The summed E-state index contributed by atoms with van der Waals surface area (Å²) in [5.74, 6) is -1.01. The monoisotopic (exact) mass is 553 g/mol. The van der Waals surface area contributed by atoms with Crippen molar-refractivity contribution >= 4 is 42.5 Å². The number of rotatable bonds is 11. The third-order valence-corrected chi connectivity index (χ3v) is 8.76. The molecule has 0 aliphatic heterocycles. The number of anilines is 1. The molecule has 11 heteroatoms. The first-order valence-electron chi connectivity index (χ1n) is 11.7. The molecule has 0 aromatic heterocycles. The van der Waals surface area contributed by atoms with Gasteiger partial charge in [-0.05, 0) is 64.7 Å². The van der Waals surface area contributed by atoms with Gasteiger partial charge in [0.05, 0.1) is 9.79 Å². The van der Waals surface area contributed by atoms with E-state index < -0.39 is 26.0 Å². The minimum absolute atomic E-state index is 0.0208. The van der Waals surface area contributed by atoms with Crippen molar-refractivity contribution in [1.82, 2.24) is 4.31 Å². The number of benzene rings is 4. The predicted molar refractivity (Wildman–Crippen MR) is 146 cm³/mol. The van der Waals surface area contributed by atoms with Crippen LogP contribution in [0.2, 0.25) is 0 Å². The van der Waals surface area contributed by atoms with Gasteiger partial charge in [0, 0.05) is 18.8 Å². The van der Waals surface area contributed by atoms with Crippen molar-refractivity contribution < 1.29 is 26.7 Å². The van der Waals surface area contributed by atoms with Crippen LogP contribution in [0.1, 0.15) is 11.1 Å². The quantitative estimate of drug-likeness (QED) is 0.258. The average molecular weight is 554 g/mol. The van der Waals surface area contributed by atoms with Gasteiger partial charge < -0.3 is 10.4 Å². The van der Waals surface area contributed by atoms with Crippen LogP contribution < -0.4 is 10.5 Å². The second kappa shape index (κ2) is 11.3. The third-order valence-electron chi connectivity index (χ3n) is 5.99.